The first kappa shape index (κ1) is 16.4. The molecule has 2 aromatic rings. The van der Waals surface area contributed by atoms with Crippen molar-refractivity contribution in [1.29, 1.82) is 0 Å². The van der Waals surface area contributed by atoms with Crippen LogP contribution >= 0.6 is 0 Å². The number of hydrogen-bond donors (Lipinski definition) is 1. The van der Waals surface area contributed by atoms with E-state index >= 15 is 0 Å². The standard InChI is InChI=1S/C20H24N2O2/c1-24-19-8-6-7-16(20(19)23)15-21-17-9-11-18(12-10-17)22-13-4-2-3-5-14-22/h6-12,15,23H,2-5,13-14H2,1H3. The summed E-state index contributed by atoms with van der Waals surface area (Å²) < 4.78 is 5.11. The van der Waals surface area contributed by atoms with Gasteiger partial charge in [-0.05, 0) is 49.2 Å². The van der Waals surface area contributed by atoms with Gasteiger partial charge < -0.3 is 14.7 Å². The molecular formula is C20H24N2O2. The summed E-state index contributed by atoms with van der Waals surface area (Å²) in [6, 6.07) is 13.7. The summed E-state index contributed by atoms with van der Waals surface area (Å²) in [5.74, 6) is 0.570. The Kier molecular flexibility index (Phi) is 5.36. The highest BCUT2D eigenvalue weighted by Gasteiger charge is 2.09. The fourth-order valence-corrected chi connectivity index (χ4v) is 3.03. The van der Waals surface area contributed by atoms with Crippen LogP contribution in [0.5, 0.6) is 11.5 Å². The van der Waals surface area contributed by atoms with Gasteiger partial charge in [0.25, 0.3) is 0 Å². The third-order valence-corrected chi connectivity index (χ3v) is 4.42. The molecule has 0 aliphatic carbocycles. The van der Waals surface area contributed by atoms with Crippen molar-refractivity contribution in [2.45, 2.75) is 25.7 Å². The lowest BCUT2D eigenvalue weighted by molar-refractivity contribution is 0.373. The lowest BCUT2D eigenvalue weighted by Crippen LogP contribution is -2.23. The number of rotatable bonds is 4. The Morgan fingerprint density at radius 2 is 1.71 bits per heavy atom. The van der Waals surface area contributed by atoms with Crippen LogP contribution in [-0.4, -0.2) is 31.5 Å². The zero-order valence-corrected chi connectivity index (χ0v) is 14.1. The topological polar surface area (TPSA) is 45.1 Å². The van der Waals surface area contributed by atoms with E-state index in [2.05, 4.69) is 22.0 Å². The molecule has 0 aromatic heterocycles. The number of ether oxygens (including phenoxy) is 1. The molecule has 1 aliphatic heterocycles. The maximum atomic E-state index is 10.1. The van der Waals surface area contributed by atoms with Crippen LogP contribution in [0.3, 0.4) is 0 Å². The molecule has 0 amide bonds. The van der Waals surface area contributed by atoms with E-state index < -0.39 is 0 Å². The van der Waals surface area contributed by atoms with Gasteiger partial charge in [0.2, 0.25) is 0 Å². The van der Waals surface area contributed by atoms with Crippen LogP contribution in [0.25, 0.3) is 0 Å². The number of methoxy groups -OCH3 is 1. The van der Waals surface area contributed by atoms with Crippen molar-refractivity contribution in [3.05, 3.63) is 48.0 Å². The lowest BCUT2D eigenvalue weighted by Gasteiger charge is -2.22. The average Bonchev–Trinajstić information content (AvgIpc) is 2.91. The van der Waals surface area contributed by atoms with E-state index in [9.17, 15) is 5.11 Å². The zero-order valence-electron chi connectivity index (χ0n) is 14.1. The van der Waals surface area contributed by atoms with Crippen molar-refractivity contribution in [3.8, 4) is 11.5 Å². The summed E-state index contributed by atoms with van der Waals surface area (Å²) in [5, 5.41) is 10.1. The molecule has 4 nitrogen and oxygen atoms in total. The number of hydrogen-bond acceptors (Lipinski definition) is 4. The zero-order chi connectivity index (χ0) is 16.8. The fourth-order valence-electron chi connectivity index (χ4n) is 3.03. The number of aromatic hydroxyl groups is 1. The van der Waals surface area contributed by atoms with E-state index in [1.54, 1.807) is 12.3 Å². The Balaban J connectivity index is 1.72. The molecule has 1 aliphatic rings. The van der Waals surface area contributed by atoms with Crippen LogP contribution in [0.1, 0.15) is 31.2 Å². The fraction of sp³-hybridized carbons (Fsp3) is 0.350. The van der Waals surface area contributed by atoms with E-state index in [-0.39, 0.29) is 5.75 Å². The van der Waals surface area contributed by atoms with Gasteiger partial charge in [-0.2, -0.15) is 0 Å². The van der Waals surface area contributed by atoms with E-state index in [0.29, 0.717) is 11.3 Å². The first-order chi connectivity index (χ1) is 11.8. The van der Waals surface area contributed by atoms with E-state index in [4.69, 9.17) is 4.74 Å². The third kappa shape index (κ3) is 3.88. The molecule has 0 bridgehead atoms. The first-order valence-corrected chi connectivity index (χ1v) is 8.53. The average molecular weight is 324 g/mol. The summed E-state index contributed by atoms with van der Waals surface area (Å²) in [6.07, 6.45) is 6.88. The van der Waals surface area contributed by atoms with Gasteiger partial charge in [-0.25, -0.2) is 0 Å². The van der Waals surface area contributed by atoms with Crippen LogP contribution in [-0.2, 0) is 0 Å². The van der Waals surface area contributed by atoms with Gasteiger partial charge in [0, 0.05) is 30.6 Å². The second kappa shape index (κ2) is 7.86. The van der Waals surface area contributed by atoms with Crippen LogP contribution in [0.2, 0.25) is 0 Å². The van der Waals surface area contributed by atoms with E-state index in [1.807, 2.05) is 24.3 Å². The molecule has 24 heavy (non-hydrogen) atoms. The smallest absolute Gasteiger partial charge is 0.166 e. The summed E-state index contributed by atoms with van der Waals surface area (Å²) in [6.45, 7) is 2.28. The van der Waals surface area contributed by atoms with Crippen molar-refractivity contribution in [3.63, 3.8) is 0 Å². The normalized spacial score (nSPS) is 15.5. The highest BCUT2D eigenvalue weighted by atomic mass is 16.5. The van der Waals surface area contributed by atoms with Crippen molar-refractivity contribution in [2.75, 3.05) is 25.1 Å². The Bertz CT molecular complexity index is 687. The van der Waals surface area contributed by atoms with Crippen molar-refractivity contribution in [1.82, 2.24) is 0 Å². The molecule has 1 N–H and O–H groups in total. The molecule has 4 heteroatoms. The van der Waals surface area contributed by atoms with Gasteiger partial charge in [0.05, 0.1) is 12.8 Å². The summed E-state index contributed by atoms with van der Waals surface area (Å²) in [4.78, 5) is 6.91. The molecule has 0 atom stereocenters. The Morgan fingerprint density at radius 1 is 1.00 bits per heavy atom. The molecule has 1 heterocycles. The van der Waals surface area contributed by atoms with E-state index in [1.165, 1.54) is 38.5 Å². The highest BCUT2D eigenvalue weighted by molar-refractivity contribution is 5.86. The minimum Gasteiger partial charge on any atom is -0.504 e. The molecular weight excluding hydrogens is 300 g/mol. The summed E-state index contributed by atoms with van der Waals surface area (Å²) in [7, 11) is 1.54. The maximum Gasteiger partial charge on any atom is 0.166 e. The molecule has 0 unspecified atom stereocenters. The molecule has 2 aromatic carbocycles. The Hall–Kier alpha value is -2.49. The molecule has 0 radical (unpaired) electrons. The minimum atomic E-state index is 0.116. The summed E-state index contributed by atoms with van der Waals surface area (Å²) >= 11 is 0. The van der Waals surface area contributed by atoms with Crippen LogP contribution in [0.4, 0.5) is 11.4 Å². The van der Waals surface area contributed by atoms with Gasteiger partial charge in [-0.15, -0.1) is 0 Å². The number of aliphatic imine (C=N–C) groups is 1. The number of nitrogens with zero attached hydrogens (tertiary/aromatic N) is 2. The summed E-state index contributed by atoms with van der Waals surface area (Å²) in [5.41, 5.74) is 2.78. The molecule has 0 spiro atoms. The predicted octanol–water partition coefficient (Wildman–Crippen LogP) is 4.53. The third-order valence-electron chi connectivity index (χ3n) is 4.42. The van der Waals surface area contributed by atoms with Crippen molar-refractivity contribution >= 4 is 17.6 Å². The van der Waals surface area contributed by atoms with Gasteiger partial charge in [-0.3, -0.25) is 4.99 Å². The quantitative estimate of drug-likeness (QED) is 0.840. The van der Waals surface area contributed by atoms with Gasteiger partial charge in [0.15, 0.2) is 11.5 Å². The van der Waals surface area contributed by atoms with Crippen molar-refractivity contribution in [2.24, 2.45) is 4.99 Å². The minimum absolute atomic E-state index is 0.116. The second-order valence-electron chi connectivity index (χ2n) is 6.07. The Morgan fingerprint density at radius 3 is 2.38 bits per heavy atom. The van der Waals surface area contributed by atoms with Gasteiger partial charge >= 0.3 is 0 Å². The van der Waals surface area contributed by atoms with Crippen molar-refractivity contribution < 1.29 is 9.84 Å². The molecule has 3 rings (SSSR count). The number of anilines is 1. The largest absolute Gasteiger partial charge is 0.504 e. The molecule has 0 saturated carbocycles. The first-order valence-electron chi connectivity index (χ1n) is 8.53. The second-order valence-corrected chi connectivity index (χ2v) is 6.07. The van der Waals surface area contributed by atoms with Crippen LogP contribution in [0.15, 0.2) is 47.5 Å². The van der Waals surface area contributed by atoms with Gasteiger partial charge in [-0.1, -0.05) is 18.9 Å². The van der Waals surface area contributed by atoms with Crippen LogP contribution < -0.4 is 9.64 Å². The molecule has 1 fully saturated rings. The SMILES string of the molecule is COc1cccc(C=Nc2ccc(N3CCCCCC3)cc2)c1O. The molecule has 1 saturated heterocycles. The monoisotopic (exact) mass is 324 g/mol. The number of benzene rings is 2. The van der Waals surface area contributed by atoms with Crippen LogP contribution in [0, 0.1) is 0 Å². The number of phenols is 1. The molecule has 126 valence electrons. The van der Waals surface area contributed by atoms with Gasteiger partial charge in [0.1, 0.15) is 0 Å². The maximum absolute atomic E-state index is 10.1. The number of phenolic OH excluding ortho intramolecular Hbond substituents is 1. The lowest BCUT2D eigenvalue weighted by atomic mass is 10.2. The highest BCUT2D eigenvalue weighted by Crippen LogP contribution is 2.29. The number of para-hydroxylation sites is 1. The van der Waals surface area contributed by atoms with E-state index in [0.717, 1.165) is 18.8 Å². The predicted molar refractivity (Wildman–Crippen MR) is 99.0 cm³/mol. The Labute approximate surface area is 143 Å².